The molecule has 6 nitrogen and oxygen atoms in total. The second kappa shape index (κ2) is 50.6. The molecule has 3 atom stereocenters. The average Bonchev–Trinajstić information content (AvgIpc) is 3.26. The molecule has 3 unspecified atom stereocenters. The fourth-order valence-electron chi connectivity index (χ4n) is 8.84. The fraction of sp³-hybridized carbons (Fsp3) is 0.929. The van der Waals surface area contributed by atoms with Crippen LogP contribution in [0.1, 0.15) is 310 Å². The molecule has 0 saturated carbocycles. The summed E-state index contributed by atoms with van der Waals surface area (Å²) in [6, 6.07) is -0.696. The first kappa shape index (κ1) is 60.6. The summed E-state index contributed by atoms with van der Waals surface area (Å²) in [4.78, 5) is 26.2. The monoisotopic (exact) mass is 876 g/mol. The van der Waals surface area contributed by atoms with Gasteiger partial charge in [-0.1, -0.05) is 258 Å². The maximum atomic E-state index is 13.2. The van der Waals surface area contributed by atoms with Gasteiger partial charge in [0.15, 0.2) is 0 Å². The van der Waals surface area contributed by atoms with E-state index in [2.05, 4.69) is 38.2 Å². The molecule has 0 spiro atoms. The van der Waals surface area contributed by atoms with E-state index in [1.165, 1.54) is 212 Å². The lowest BCUT2D eigenvalue weighted by Gasteiger charge is -2.24. The minimum atomic E-state index is -0.783. The summed E-state index contributed by atoms with van der Waals surface area (Å²) in [5.74, 6) is -0.457. The summed E-state index contributed by atoms with van der Waals surface area (Å²) in [5.41, 5.74) is 0. The van der Waals surface area contributed by atoms with Gasteiger partial charge in [0.25, 0.3) is 0 Å². The molecule has 0 aromatic rings. The molecule has 62 heavy (non-hydrogen) atoms. The van der Waals surface area contributed by atoms with Gasteiger partial charge >= 0.3 is 5.97 Å². The van der Waals surface area contributed by atoms with Crippen LogP contribution >= 0.6 is 0 Å². The van der Waals surface area contributed by atoms with Crippen molar-refractivity contribution in [1.82, 2.24) is 5.32 Å². The van der Waals surface area contributed by atoms with Crippen molar-refractivity contribution >= 4 is 11.9 Å². The van der Waals surface area contributed by atoms with Crippen molar-refractivity contribution in [3.8, 4) is 0 Å². The first-order valence-corrected chi connectivity index (χ1v) is 27.9. The Kier molecular flexibility index (Phi) is 49.5. The van der Waals surface area contributed by atoms with E-state index in [1.807, 2.05) is 0 Å². The molecule has 0 aromatic carbocycles. The van der Waals surface area contributed by atoms with Gasteiger partial charge in [-0.05, 0) is 51.4 Å². The number of rotatable bonds is 51. The fourth-order valence-corrected chi connectivity index (χ4v) is 8.84. The standard InChI is InChI=1S/C56H109NO5/c1-4-7-10-13-16-19-22-25-26-27-28-31-32-35-38-41-44-47-52(62-56(61)49-46-43-40-37-34-30-24-21-18-15-12-9-6-3)50-55(60)57-53(51-58)54(59)48-45-42-39-36-33-29-23-20-17-14-11-8-5-2/h25-26,52-54,58-59H,4-24,27-51H2,1-3H3,(H,57,60)/b26-25+. The third kappa shape index (κ3) is 45.2. The zero-order chi connectivity index (χ0) is 45.2. The highest BCUT2D eigenvalue weighted by molar-refractivity contribution is 5.77. The van der Waals surface area contributed by atoms with Crippen molar-refractivity contribution in [2.45, 2.75) is 328 Å². The molecule has 0 radical (unpaired) electrons. The number of aliphatic hydroxyl groups excluding tert-OH is 2. The molecule has 0 bridgehead atoms. The Labute approximate surface area is 387 Å². The van der Waals surface area contributed by atoms with E-state index >= 15 is 0 Å². The summed E-state index contributed by atoms with van der Waals surface area (Å²) < 4.78 is 5.95. The summed E-state index contributed by atoms with van der Waals surface area (Å²) >= 11 is 0. The van der Waals surface area contributed by atoms with Gasteiger partial charge in [0, 0.05) is 6.42 Å². The number of aliphatic hydroxyl groups is 2. The van der Waals surface area contributed by atoms with Crippen LogP contribution in [0.2, 0.25) is 0 Å². The Morgan fingerprint density at radius 2 is 0.774 bits per heavy atom. The van der Waals surface area contributed by atoms with Crippen LogP contribution in [-0.4, -0.2) is 46.9 Å². The highest BCUT2D eigenvalue weighted by Gasteiger charge is 2.24. The molecule has 3 N–H and O–H groups in total. The summed E-state index contributed by atoms with van der Waals surface area (Å²) in [7, 11) is 0. The van der Waals surface area contributed by atoms with E-state index in [9.17, 15) is 19.8 Å². The number of hydrogen-bond donors (Lipinski definition) is 3. The van der Waals surface area contributed by atoms with E-state index in [0.717, 1.165) is 51.4 Å². The lowest BCUT2D eigenvalue weighted by molar-refractivity contribution is -0.151. The molecular weight excluding hydrogens is 767 g/mol. The molecule has 368 valence electrons. The van der Waals surface area contributed by atoms with Crippen molar-refractivity contribution in [2.24, 2.45) is 0 Å². The maximum Gasteiger partial charge on any atom is 0.306 e. The molecule has 0 aliphatic heterocycles. The largest absolute Gasteiger partial charge is 0.462 e. The zero-order valence-corrected chi connectivity index (χ0v) is 42.0. The Bertz CT molecular complexity index is 939. The van der Waals surface area contributed by atoms with Crippen LogP contribution in [0.25, 0.3) is 0 Å². The summed E-state index contributed by atoms with van der Waals surface area (Å²) in [5, 5.41) is 23.8. The first-order chi connectivity index (χ1) is 30.5. The number of ether oxygens (including phenoxy) is 1. The number of esters is 1. The van der Waals surface area contributed by atoms with Gasteiger partial charge in [-0.2, -0.15) is 0 Å². The van der Waals surface area contributed by atoms with E-state index < -0.39 is 18.2 Å². The third-order valence-electron chi connectivity index (χ3n) is 13.1. The number of allylic oxidation sites excluding steroid dienone is 2. The molecule has 6 heteroatoms. The summed E-state index contributed by atoms with van der Waals surface area (Å²) in [6.45, 7) is 6.51. The van der Waals surface area contributed by atoms with Crippen molar-refractivity contribution in [3.05, 3.63) is 12.2 Å². The molecule has 0 heterocycles. The minimum Gasteiger partial charge on any atom is -0.462 e. The van der Waals surface area contributed by atoms with Crippen LogP contribution in [0.3, 0.4) is 0 Å². The van der Waals surface area contributed by atoms with Crippen molar-refractivity contribution in [1.29, 1.82) is 0 Å². The van der Waals surface area contributed by atoms with Gasteiger partial charge in [-0.15, -0.1) is 0 Å². The Balaban J connectivity index is 4.53. The molecule has 0 aliphatic carbocycles. The highest BCUT2D eigenvalue weighted by atomic mass is 16.5. The van der Waals surface area contributed by atoms with E-state index in [0.29, 0.717) is 19.3 Å². The zero-order valence-electron chi connectivity index (χ0n) is 42.0. The van der Waals surface area contributed by atoms with Gasteiger partial charge in [-0.25, -0.2) is 0 Å². The predicted octanol–water partition coefficient (Wildman–Crippen LogP) is 16.9. The van der Waals surface area contributed by atoms with Crippen LogP contribution in [0.5, 0.6) is 0 Å². The lowest BCUT2D eigenvalue weighted by atomic mass is 10.0. The third-order valence-corrected chi connectivity index (χ3v) is 13.1. The quantitative estimate of drug-likeness (QED) is 0.0321. The smallest absolute Gasteiger partial charge is 0.306 e. The van der Waals surface area contributed by atoms with E-state index in [4.69, 9.17) is 4.74 Å². The molecule has 1 amide bonds. The minimum absolute atomic E-state index is 0.0820. The second-order valence-corrected chi connectivity index (χ2v) is 19.3. The van der Waals surface area contributed by atoms with Crippen molar-refractivity contribution < 1.29 is 24.5 Å². The Morgan fingerprint density at radius 1 is 0.452 bits per heavy atom. The molecule has 0 saturated heterocycles. The van der Waals surface area contributed by atoms with Gasteiger partial charge in [-0.3, -0.25) is 9.59 Å². The maximum absolute atomic E-state index is 13.2. The Morgan fingerprint density at radius 3 is 1.15 bits per heavy atom. The number of hydrogen-bond acceptors (Lipinski definition) is 5. The SMILES string of the molecule is CCCCCCCC/C=C/CCCCCCCCCC(CC(=O)NC(CO)C(O)CCCCCCCCCCCCCCC)OC(=O)CCCCCCCCCCCCCCC. The molecular formula is C56H109NO5. The molecule has 0 fully saturated rings. The number of nitrogens with one attached hydrogen (secondary N) is 1. The topological polar surface area (TPSA) is 95.9 Å². The lowest BCUT2D eigenvalue weighted by Crippen LogP contribution is -2.46. The van der Waals surface area contributed by atoms with Gasteiger partial charge in [0.2, 0.25) is 5.91 Å². The van der Waals surface area contributed by atoms with Gasteiger partial charge in [0.1, 0.15) is 6.10 Å². The molecule has 0 rings (SSSR count). The normalized spacial score (nSPS) is 13.2. The van der Waals surface area contributed by atoms with Crippen LogP contribution in [0.15, 0.2) is 12.2 Å². The van der Waals surface area contributed by atoms with Crippen LogP contribution in [0.4, 0.5) is 0 Å². The van der Waals surface area contributed by atoms with Crippen molar-refractivity contribution in [2.75, 3.05) is 6.61 Å². The predicted molar refractivity (Wildman–Crippen MR) is 269 cm³/mol. The Hall–Kier alpha value is -1.40. The van der Waals surface area contributed by atoms with Gasteiger partial charge in [0.05, 0.1) is 25.2 Å². The van der Waals surface area contributed by atoms with Gasteiger partial charge < -0.3 is 20.3 Å². The first-order valence-electron chi connectivity index (χ1n) is 27.9. The van der Waals surface area contributed by atoms with Crippen LogP contribution in [0, 0.1) is 0 Å². The second-order valence-electron chi connectivity index (χ2n) is 19.3. The van der Waals surface area contributed by atoms with Crippen LogP contribution < -0.4 is 5.32 Å². The summed E-state index contributed by atoms with van der Waals surface area (Å²) in [6.07, 6.45) is 57.0. The number of carbonyl (C=O) groups excluding carboxylic acids is 2. The van der Waals surface area contributed by atoms with E-state index in [-0.39, 0.29) is 24.9 Å². The van der Waals surface area contributed by atoms with Crippen molar-refractivity contribution in [3.63, 3.8) is 0 Å². The average molecular weight is 876 g/mol. The number of carbonyl (C=O) groups is 2. The molecule has 0 aromatic heterocycles. The number of amides is 1. The van der Waals surface area contributed by atoms with E-state index in [1.54, 1.807) is 0 Å². The molecule has 0 aliphatic rings. The number of unbranched alkanes of at least 4 members (excludes halogenated alkanes) is 37. The highest BCUT2D eigenvalue weighted by Crippen LogP contribution is 2.19. The van der Waals surface area contributed by atoms with Crippen LogP contribution in [-0.2, 0) is 14.3 Å².